The Kier molecular flexibility index (Phi) is 4.53. The molecule has 0 radical (unpaired) electrons. The molecule has 0 aliphatic heterocycles. The molecule has 1 aromatic carbocycles. The predicted octanol–water partition coefficient (Wildman–Crippen LogP) is 1.86. The fraction of sp³-hybridized carbons (Fsp3) is 0.500. The van der Waals surface area contributed by atoms with E-state index in [1.54, 1.807) is 0 Å². The molecule has 0 atom stereocenters. The summed E-state index contributed by atoms with van der Waals surface area (Å²) in [5.74, 6) is -0.733. The normalized spacial score (nSPS) is 15.8. The van der Waals surface area contributed by atoms with Gasteiger partial charge in [0.25, 0.3) is 0 Å². The Morgan fingerprint density at radius 1 is 1.50 bits per heavy atom. The molecule has 0 amide bonds. The highest BCUT2D eigenvalue weighted by atomic mass is 35.5. The van der Waals surface area contributed by atoms with Gasteiger partial charge in [-0.2, -0.15) is 4.31 Å². The highest BCUT2D eigenvalue weighted by Gasteiger charge is 2.38. The molecule has 5 nitrogen and oxygen atoms in total. The van der Waals surface area contributed by atoms with Crippen LogP contribution in [-0.4, -0.2) is 39.0 Å². The summed E-state index contributed by atoms with van der Waals surface area (Å²) in [6.45, 7) is 0.515. The molecule has 0 heterocycles. The van der Waals surface area contributed by atoms with Crippen molar-refractivity contribution in [3.05, 3.63) is 23.0 Å². The fourth-order valence-corrected chi connectivity index (χ4v) is 4.11. The largest absolute Gasteiger partial charge is 0.396 e. The van der Waals surface area contributed by atoms with Gasteiger partial charge in [0.1, 0.15) is 10.7 Å². The quantitative estimate of drug-likeness (QED) is 0.811. The third-order valence-corrected chi connectivity index (χ3v) is 5.52. The molecule has 0 saturated heterocycles. The van der Waals surface area contributed by atoms with Gasteiger partial charge in [0.15, 0.2) is 0 Å². The highest BCUT2D eigenvalue weighted by molar-refractivity contribution is 7.89. The molecule has 112 valence electrons. The number of nitrogens with two attached hydrogens (primary N) is 1. The Balaban J connectivity index is 2.39. The molecule has 1 saturated carbocycles. The van der Waals surface area contributed by atoms with E-state index in [1.807, 2.05) is 0 Å². The lowest BCUT2D eigenvalue weighted by Gasteiger charge is -2.22. The lowest BCUT2D eigenvalue weighted by molar-refractivity contribution is 0.177. The number of hydrogen-bond donors (Lipinski definition) is 1. The standard InChI is InChI=1S/C12H16ClFN2O3S/c1-19-5-4-16(8-2-3-8)20(17,18)12-7-11(15)10(14)6-9(12)13/h6-8H,2-5,15H2,1H3. The maximum Gasteiger partial charge on any atom is 0.244 e. The number of hydrogen-bond acceptors (Lipinski definition) is 4. The molecule has 1 aliphatic rings. The molecule has 1 aromatic rings. The summed E-state index contributed by atoms with van der Waals surface area (Å²) in [7, 11) is -2.30. The lowest BCUT2D eigenvalue weighted by atomic mass is 10.3. The van der Waals surface area contributed by atoms with E-state index in [2.05, 4.69) is 0 Å². The topological polar surface area (TPSA) is 72.6 Å². The van der Waals surface area contributed by atoms with E-state index in [4.69, 9.17) is 22.1 Å². The van der Waals surface area contributed by atoms with Crippen molar-refractivity contribution in [2.45, 2.75) is 23.8 Å². The fourth-order valence-electron chi connectivity index (χ4n) is 1.91. The number of benzene rings is 1. The smallest absolute Gasteiger partial charge is 0.244 e. The van der Waals surface area contributed by atoms with Crippen molar-refractivity contribution in [1.29, 1.82) is 0 Å². The molecule has 0 unspecified atom stereocenters. The third-order valence-electron chi connectivity index (χ3n) is 3.11. The predicted molar refractivity (Wildman–Crippen MR) is 74.6 cm³/mol. The van der Waals surface area contributed by atoms with E-state index in [0.717, 1.165) is 25.0 Å². The molecular formula is C12H16ClFN2O3S. The molecule has 20 heavy (non-hydrogen) atoms. The zero-order chi connectivity index (χ0) is 14.9. The molecule has 8 heteroatoms. The number of nitrogens with zero attached hydrogens (tertiary/aromatic N) is 1. The average molecular weight is 323 g/mol. The highest BCUT2D eigenvalue weighted by Crippen LogP contribution is 2.35. The summed E-state index contributed by atoms with van der Waals surface area (Å²) >= 11 is 5.86. The van der Waals surface area contributed by atoms with E-state index >= 15 is 0 Å². The van der Waals surface area contributed by atoms with Crippen molar-refractivity contribution >= 4 is 27.3 Å². The summed E-state index contributed by atoms with van der Waals surface area (Å²) < 4.78 is 44.8. The van der Waals surface area contributed by atoms with Crippen molar-refractivity contribution in [3.8, 4) is 0 Å². The maximum absolute atomic E-state index is 13.3. The second-order valence-electron chi connectivity index (χ2n) is 4.64. The van der Waals surface area contributed by atoms with Crippen LogP contribution in [0.4, 0.5) is 10.1 Å². The number of methoxy groups -OCH3 is 1. The van der Waals surface area contributed by atoms with Crippen molar-refractivity contribution in [1.82, 2.24) is 4.31 Å². The van der Waals surface area contributed by atoms with Crippen LogP contribution in [0.1, 0.15) is 12.8 Å². The molecule has 2 rings (SSSR count). The van der Waals surface area contributed by atoms with Crippen LogP contribution in [0.5, 0.6) is 0 Å². The van der Waals surface area contributed by atoms with E-state index < -0.39 is 15.8 Å². The third kappa shape index (κ3) is 3.06. The Morgan fingerprint density at radius 3 is 2.70 bits per heavy atom. The first-order chi connectivity index (χ1) is 9.37. The van der Waals surface area contributed by atoms with Gasteiger partial charge in [-0.3, -0.25) is 0 Å². The first-order valence-electron chi connectivity index (χ1n) is 6.13. The van der Waals surface area contributed by atoms with Gasteiger partial charge >= 0.3 is 0 Å². The van der Waals surface area contributed by atoms with Gasteiger partial charge < -0.3 is 10.5 Å². The molecule has 2 N–H and O–H groups in total. The molecule has 1 fully saturated rings. The van der Waals surface area contributed by atoms with Crippen molar-refractivity contribution in [2.75, 3.05) is 26.0 Å². The van der Waals surface area contributed by atoms with Crippen LogP contribution in [-0.2, 0) is 14.8 Å². The minimum absolute atomic E-state index is 0.0440. The monoisotopic (exact) mass is 322 g/mol. The van der Waals surface area contributed by atoms with Gasteiger partial charge in [-0.1, -0.05) is 11.6 Å². The van der Waals surface area contributed by atoms with E-state index in [-0.39, 0.29) is 34.8 Å². The molecule has 1 aliphatic carbocycles. The second kappa shape index (κ2) is 5.85. The molecule has 0 bridgehead atoms. The Bertz CT molecular complexity index is 605. The van der Waals surface area contributed by atoms with Crippen LogP contribution >= 0.6 is 11.6 Å². The minimum atomic E-state index is -3.81. The summed E-state index contributed by atoms with van der Waals surface area (Å²) in [6.07, 6.45) is 1.61. The minimum Gasteiger partial charge on any atom is -0.396 e. The van der Waals surface area contributed by atoms with Crippen LogP contribution in [0.2, 0.25) is 5.02 Å². The van der Waals surface area contributed by atoms with E-state index in [9.17, 15) is 12.8 Å². The van der Waals surface area contributed by atoms with Crippen LogP contribution in [0.25, 0.3) is 0 Å². The zero-order valence-electron chi connectivity index (χ0n) is 11.0. The van der Waals surface area contributed by atoms with Gasteiger partial charge in [0, 0.05) is 19.7 Å². The number of rotatable bonds is 6. The van der Waals surface area contributed by atoms with Crippen LogP contribution in [0.3, 0.4) is 0 Å². The average Bonchev–Trinajstić information content (AvgIpc) is 3.18. The van der Waals surface area contributed by atoms with Crippen molar-refractivity contribution < 1.29 is 17.5 Å². The summed E-state index contributed by atoms with van der Waals surface area (Å²) in [5, 5.41) is -0.167. The van der Waals surface area contributed by atoms with Gasteiger partial charge in [-0.25, -0.2) is 12.8 Å². The number of anilines is 1. The molecule has 0 spiro atoms. The number of nitrogen functional groups attached to an aromatic ring is 1. The number of ether oxygens (including phenoxy) is 1. The Labute approximate surface area is 122 Å². The zero-order valence-corrected chi connectivity index (χ0v) is 12.5. The summed E-state index contributed by atoms with van der Waals surface area (Å²) in [5.41, 5.74) is 5.20. The number of sulfonamides is 1. The van der Waals surface area contributed by atoms with Crippen LogP contribution in [0, 0.1) is 5.82 Å². The second-order valence-corrected chi connectivity index (χ2v) is 6.91. The lowest BCUT2D eigenvalue weighted by Crippen LogP contribution is -2.36. The molecule has 0 aromatic heterocycles. The van der Waals surface area contributed by atoms with Crippen LogP contribution < -0.4 is 5.73 Å². The molecular weight excluding hydrogens is 307 g/mol. The van der Waals surface area contributed by atoms with E-state index in [0.29, 0.717) is 0 Å². The summed E-state index contributed by atoms with van der Waals surface area (Å²) in [6, 6.07) is 1.94. The number of halogens is 2. The SMILES string of the molecule is COCCN(C1CC1)S(=O)(=O)c1cc(N)c(F)cc1Cl. The van der Waals surface area contributed by atoms with Gasteiger partial charge in [-0.05, 0) is 25.0 Å². The maximum atomic E-state index is 13.3. The van der Waals surface area contributed by atoms with Gasteiger partial charge in [0.2, 0.25) is 10.0 Å². The van der Waals surface area contributed by atoms with Gasteiger partial charge in [0.05, 0.1) is 17.3 Å². The summed E-state index contributed by atoms with van der Waals surface area (Å²) in [4.78, 5) is -0.166. The van der Waals surface area contributed by atoms with Crippen molar-refractivity contribution in [3.63, 3.8) is 0 Å². The first-order valence-corrected chi connectivity index (χ1v) is 7.95. The Hall–Kier alpha value is -0.890. The Morgan fingerprint density at radius 2 is 2.15 bits per heavy atom. The van der Waals surface area contributed by atoms with Crippen LogP contribution in [0.15, 0.2) is 17.0 Å². The van der Waals surface area contributed by atoms with Crippen molar-refractivity contribution in [2.24, 2.45) is 0 Å². The first kappa shape index (κ1) is 15.5. The van der Waals surface area contributed by atoms with Gasteiger partial charge in [-0.15, -0.1) is 0 Å². The van der Waals surface area contributed by atoms with E-state index in [1.165, 1.54) is 11.4 Å².